The molecule has 1 aromatic rings. The van der Waals surface area contributed by atoms with Crippen LogP contribution in [0.4, 0.5) is 0 Å². The molecule has 1 aliphatic rings. The third kappa shape index (κ3) is 4.30. The van der Waals surface area contributed by atoms with Crippen molar-refractivity contribution in [3.63, 3.8) is 0 Å². The van der Waals surface area contributed by atoms with Crippen LogP contribution in [0.15, 0.2) is 24.3 Å². The van der Waals surface area contributed by atoms with E-state index < -0.39 is 0 Å². The van der Waals surface area contributed by atoms with E-state index in [4.69, 9.17) is 10.5 Å². The summed E-state index contributed by atoms with van der Waals surface area (Å²) in [5.41, 5.74) is 8.04. The number of morpholine rings is 1. The summed E-state index contributed by atoms with van der Waals surface area (Å²) in [7, 11) is 1.40. The number of hydrogen-bond acceptors (Lipinski definition) is 5. The van der Waals surface area contributed by atoms with Gasteiger partial charge in [0.05, 0.1) is 26.2 Å². The predicted octanol–water partition coefficient (Wildman–Crippen LogP) is 0.909. The molecule has 2 N–H and O–H groups in total. The fourth-order valence-electron chi connectivity index (χ4n) is 2.43. The SMILES string of the molecule is COC(=O)CC1CN(Cc2cccc(CN)c2)CCO1. The molecule has 0 spiro atoms. The van der Waals surface area contributed by atoms with Gasteiger partial charge >= 0.3 is 5.97 Å². The molecule has 1 atom stereocenters. The molecular formula is C15H22N2O3. The molecule has 20 heavy (non-hydrogen) atoms. The normalized spacial score (nSPS) is 19.8. The zero-order chi connectivity index (χ0) is 14.4. The second-order valence-electron chi connectivity index (χ2n) is 5.03. The van der Waals surface area contributed by atoms with Gasteiger partial charge in [-0.25, -0.2) is 0 Å². The Kier molecular flexibility index (Phi) is 5.52. The largest absolute Gasteiger partial charge is 0.469 e. The summed E-state index contributed by atoms with van der Waals surface area (Å²) in [5.74, 6) is -0.220. The number of ether oxygens (including phenoxy) is 2. The minimum absolute atomic E-state index is 0.0751. The Morgan fingerprint density at radius 3 is 3.05 bits per heavy atom. The smallest absolute Gasteiger partial charge is 0.308 e. The summed E-state index contributed by atoms with van der Waals surface area (Å²) >= 11 is 0. The number of nitrogens with two attached hydrogens (primary N) is 1. The van der Waals surface area contributed by atoms with E-state index >= 15 is 0 Å². The molecule has 1 heterocycles. The van der Waals surface area contributed by atoms with Crippen molar-refractivity contribution in [3.8, 4) is 0 Å². The van der Waals surface area contributed by atoms with E-state index in [1.807, 2.05) is 12.1 Å². The standard InChI is InChI=1S/C15H22N2O3/c1-19-15(18)8-14-11-17(5-6-20-14)10-13-4-2-3-12(7-13)9-16/h2-4,7,14H,5-6,8-11,16H2,1H3. The van der Waals surface area contributed by atoms with Crippen molar-refractivity contribution in [2.45, 2.75) is 25.6 Å². The zero-order valence-corrected chi connectivity index (χ0v) is 11.9. The van der Waals surface area contributed by atoms with Gasteiger partial charge < -0.3 is 15.2 Å². The van der Waals surface area contributed by atoms with Gasteiger partial charge in [-0.05, 0) is 11.1 Å². The van der Waals surface area contributed by atoms with Crippen LogP contribution in [0.5, 0.6) is 0 Å². The average Bonchev–Trinajstić information content (AvgIpc) is 2.47. The van der Waals surface area contributed by atoms with Crippen molar-refractivity contribution in [2.75, 3.05) is 26.8 Å². The summed E-state index contributed by atoms with van der Waals surface area (Å²) < 4.78 is 10.3. The van der Waals surface area contributed by atoms with E-state index in [-0.39, 0.29) is 12.1 Å². The van der Waals surface area contributed by atoms with Crippen LogP contribution in [0, 0.1) is 0 Å². The van der Waals surface area contributed by atoms with Crippen molar-refractivity contribution in [1.82, 2.24) is 4.90 Å². The molecule has 1 saturated heterocycles. The van der Waals surface area contributed by atoms with Crippen molar-refractivity contribution < 1.29 is 14.3 Å². The van der Waals surface area contributed by atoms with Crippen molar-refractivity contribution in [2.24, 2.45) is 5.73 Å². The van der Waals surface area contributed by atoms with Crippen LogP contribution in [0.25, 0.3) is 0 Å². The van der Waals surface area contributed by atoms with Crippen LogP contribution in [0.1, 0.15) is 17.5 Å². The Hall–Kier alpha value is -1.43. The first-order chi connectivity index (χ1) is 9.71. The van der Waals surface area contributed by atoms with Crippen molar-refractivity contribution in [3.05, 3.63) is 35.4 Å². The number of esters is 1. The Morgan fingerprint density at radius 2 is 2.30 bits per heavy atom. The van der Waals surface area contributed by atoms with Gasteiger partial charge in [-0.1, -0.05) is 24.3 Å². The van der Waals surface area contributed by atoms with Crippen LogP contribution >= 0.6 is 0 Å². The number of benzene rings is 1. The van der Waals surface area contributed by atoms with Gasteiger partial charge in [0.25, 0.3) is 0 Å². The molecule has 2 rings (SSSR count). The fraction of sp³-hybridized carbons (Fsp3) is 0.533. The van der Waals surface area contributed by atoms with Crippen LogP contribution in [-0.2, 0) is 27.4 Å². The lowest BCUT2D eigenvalue weighted by atomic mass is 10.1. The highest BCUT2D eigenvalue weighted by Gasteiger charge is 2.23. The number of carbonyl (C=O) groups excluding carboxylic acids is 1. The first-order valence-corrected chi connectivity index (χ1v) is 6.90. The summed E-state index contributed by atoms with van der Waals surface area (Å²) in [5, 5.41) is 0. The fourth-order valence-corrected chi connectivity index (χ4v) is 2.43. The lowest BCUT2D eigenvalue weighted by Gasteiger charge is -2.32. The molecule has 0 bridgehead atoms. The van der Waals surface area contributed by atoms with Gasteiger partial charge in [0.15, 0.2) is 0 Å². The molecule has 1 aromatic carbocycles. The molecule has 1 aliphatic heterocycles. The molecule has 0 radical (unpaired) electrons. The third-order valence-electron chi connectivity index (χ3n) is 3.48. The number of nitrogens with zero attached hydrogens (tertiary/aromatic N) is 1. The van der Waals surface area contributed by atoms with Gasteiger partial charge in [0, 0.05) is 26.2 Å². The minimum atomic E-state index is -0.220. The maximum Gasteiger partial charge on any atom is 0.308 e. The summed E-state index contributed by atoms with van der Waals surface area (Å²) in [6.07, 6.45) is 0.240. The van der Waals surface area contributed by atoms with Crippen LogP contribution in [0.2, 0.25) is 0 Å². The van der Waals surface area contributed by atoms with Crippen LogP contribution in [-0.4, -0.2) is 43.8 Å². The van der Waals surface area contributed by atoms with Crippen molar-refractivity contribution >= 4 is 5.97 Å². The van der Waals surface area contributed by atoms with E-state index in [1.54, 1.807) is 0 Å². The highest BCUT2D eigenvalue weighted by molar-refractivity contribution is 5.69. The number of methoxy groups -OCH3 is 1. The number of carbonyl (C=O) groups is 1. The summed E-state index contributed by atoms with van der Waals surface area (Å²) in [4.78, 5) is 13.6. The van der Waals surface area contributed by atoms with E-state index in [9.17, 15) is 4.79 Å². The van der Waals surface area contributed by atoms with E-state index in [2.05, 4.69) is 21.8 Å². The van der Waals surface area contributed by atoms with E-state index in [0.29, 0.717) is 19.6 Å². The van der Waals surface area contributed by atoms with Gasteiger partial charge in [0.1, 0.15) is 0 Å². The molecule has 0 amide bonds. The Morgan fingerprint density at radius 1 is 1.50 bits per heavy atom. The van der Waals surface area contributed by atoms with E-state index in [0.717, 1.165) is 25.2 Å². The quantitative estimate of drug-likeness (QED) is 0.811. The lowest BCUT2D eigenvalue weighted by molar-refractivity contribution is -0.145. The van der Waals surface area contributed by atoms with Gasteiger partial charge in [-0.3, -0.25) is 9.69 Å². The molecule has 0 aliphatic carbocycles. The number of hydrogen-bond donors (Lipinski definition) is 1. The van der Waals surface area contributed by atoms with Gasteiger partial charge in [-0.2, -0.15) is 0 Å². The predicted molar refractivity (Wildman–Crippen MR) is 76.0 cm³/mol. The molecule has 110 valence electrons. The van der Waals surface area contributed by atoms with Gasteiger partial charge in [-0.15, -0.1) is 0 Å². The Bertz CT molecular complexity index is 450. The first kappa shape index (κ1) is 15.0. The third-order valence-corrected chi connectivity index (χ3v) is 3.48. The monoisotopic (exact) mass is 278 g/mol. The molecule has 1 unspecified atom stereocenters. The Labute approximate surface area is 119 Å². The highest BCUT2D eigenvalue weighted by atomic mass is 16.5. The second-order valence-corrected chi connectivity index (χ2v) is 5.03. The highest BCUT2D eigenvalue weighted by Crippen LogP contribution is 2.14. The minimum Gasteiger partial charge on any atom is -0.469 e. The average molecular weight is 278 g/mol. The van der Waals surface area contributed by atoms with E-state index in [1.165, 1.54) is 12.7 Å². The van der Waals surface area contributed by atoms with Gasteiger partial charge in [0.2, 0.25) is 0 Å². The lowest BCUT2D eigenvalue weighted by Crippen LogP contribution is -2.42. The van der Waals surface area contributed by atoms with Crippen molar-refractivity contribution in [1.29, 1.82) is 0 Å². The topological polar surface area (TPSA) is 64.8 Å². The molecule has 1 fully saturated rings. The first-order valence-electron chi connectivity index (χ1n) is 6.90. The molecule has 0 saturated carbocycles. The molecule has 0 aromatic heterocycles. The summed E-state index contributed by atoms with van der Waals surface area (Å²) in [6, 6.07) is 8.29. The van der Waals surface area contributed by atoms with Crippen LogP contribution < -0.4 is 5.73 Å². The maximum atomic E-state index is 11.3. The zero-order valence-electron chi connectivity index (χ0n) is 11.9. The Balaban J connectivity index is 1.90. The summed E-state index contributed by atoms with van der Waals surface area (Å²) in [6.45, 7) is 3.70. The number of rotatable bonds is 5. The maximum absolute atomic E-state index is 11.3. The molecular weight excluding hydrogens is 256 g/mol. The second kappa shape index (κ2) is 7.38. The van der Waals surface area contributed by atoms with Crippen LogP contribution in [0.3, 0.4) is 0 Å². The molecule has 5 heteroatoms. The molecule has 5 nitrogen and oxygen atoms in total.